The summed E-state index contributed by atoms with van der Waals surface area (Å²) in [6.07, 6.45) is 0. The molecule has 0 spiro atoms. The summed E-state index contributed by atoms with van der Waals surface area (Å²) in [5.74, 6) is 2.13. The summed E-state index contributed by atoms with van der Waals surface area (Å²) in [7, 11) is 0. The van der Waals surface area contributed by atoms with Crippen LogP contribution in [0, 0.1) is 0 Å². The molecule has 4 heterocycles. The van der Waals surface area contributed by atoms with Crippen molar-refractivity contribution in [3.63, 3.8) is 0 Å². The molecule has 0 amide bonds. The van der Waals surface area contributed by atoms with Gasteiger partial charge in [0.1, 0.15) is 6.79 Å². The van der Waals surface area contributed by atoms with Crippen LogP contribution >= 0.6 is 0 Å². The van der Waals surface area contributed by atoms with Crippen molar-refractivity contribution >= 4 is 17.8 Å². The first-order chi connectivity index (χ1) is 9.38. The second-order valence-electron chi connectivity index (χ2n) is 4.93. The topological polar surface area (TPSA) is 75.2 Å². The van der Waals surface area contributed by atoms with E-state index in [1.165, 1.54) is 0 Å². The molecular weight excluding hydrogens is 248 g/mol. The zero-order chi connectivity index (χ0) is 12.7. The Labute approximate surface area is 110 Å². The maximum Gasteiger partial charge on any atom is 0.232 e. The van der Waals surface area contributed by atoms with Crippen molar-refractivity contribution < 1.29 is 9.47 Å². The van der Waals surface area contributed by atoms with E-state index in [1.807, 2.05) is 0 Å². The van der Waals surface area contributed by atoms with Crippen molar-refractivity contribution in [2.24, 2.45) is 0 Å². The van der Waals surface area contributed by atoms with Crippen molar-refractivity contribution in [2.75, 3.05) is 61.3 Å². The minimum Gasteiger partial charge on any atom is -0.353 e. The quantitative estimate of drug-likeness (QED) is 0.715. The van der Waals surface area contributed by atoms with Crippen LogP contribution in [0.2, 0.25) is 0 Å². The molecule has 8 heteroatoms. The van der Waals surface area contributed by atoms with Gasteiger partial charge in [-0.05, 0) is 0 Å². The number of nitrogens with one attached hydrogen (secondary N) is 1. The number of ether oxygens (including phenoxy) is 2. The molecule has 3 saturated heterocycles. The third-order valence-corrected chi connectivity index (χ3v) is 3.21. The van der Waals surface area contributed by atoms with Crippen LogP contribution in [0.1, 0.15) is 0 Å². The van der Waals surface area contributed by atoms with E-state index < -0.39 is 0 Å². The predicted molar refractivity (Wildman–Crippen MR) is 68.4 cm³/mol. The molecule has 3 aliphatic rings. The molecule has 0 aliphatic carbocycles. The minimum absolute atomic E-state index is 0.0975. The molecule has 3 fully saturated rings. The van der Waals surface area contributed by atoms with E-state index in [9.17, 15) is 0 Å². The van der Waals surface area contributed by atoms with E-state index in [-0.39, 0.29) is 6.04 Å². The van der Waals surface area contributed by atoms with Crippen molar-refractivity contribution in [1.29, 1.82) is 0 Å². The first kappa shape index (κ1) is 11.2. The first-order valence-corrected chi connectivity index (χ1v) is 6.56. The lowest BCUT2D eigenvalue weighted by Gasteiger charge is -2.23. The molecule has 0 aromatic carbocycles. The van der Waals surface area contributed by atoms with Crippen LogP contribution in [0.15, 0.2) is 0 Å². The standard InChI is InChI=1S/C11H16N6O2/c1-2-16(1)10-13-9(12-8-5-18-7-19-6-8)14-11(15-10)17-3-4-17/h8H,1-7H2,(H,12,13,14,15). The van der Waals surface area contributed by atoms with E-state index in [4.69, 9.17) is 9.47 Å². The fourth-order valence-electron chi connectivity index (χ4n) is 1.95. The van der Waals surface area contributed by atoms with E-state index in [0.29, 0.717) is 26.0 Å². The summed E-state index contributed by atoms with van der Waals surface area (Å²) in [6.45, 7) is 5.70. The Morgan fingerprint density at radius 2 is 1.47 bits per heavy atom. The normalized spacial score (nSPS) is 22.5. The van der Waals surface area contributed by atoms with Crippen LogP contribution in [0.5, 0.6) is 0 Å². The largest absolute Gasteiger partial charge is 0.353 e. The highest BCUT2D eigenvalue weighted by molar-refractivity contribution is 5.50. The molecule has 1 aromatic heterocycles. The molecule has 1 N–H and O–H groups in total. The molecule has 4 rings (SSSR count). The van der Waals surface area contributed by atoms with Gasteiger partial charge in [0.2, 0.25) is 17.8 Å². The van der Waals surface area contributed by atoms with Gasteiger partial charge in [-0.2, -0.15) is 15.0 Å². The fourth-order valence-corrected chi connectivity index (χ4v) is 1.95. The van der Waals surface area contributed by atoms with Crippen LogP contribution < -0.4 is 15.1 Å². The van der Waals surface area contributed by atoms with Crippen LogP contribution in [0.25, 0.3) is 0 Å². The Morgan fingerprint density at radius 1 is 0.895 bits per heavy atom. The molecule has 0 radical (unpaired) electrons. The predicted octanol–water partition coefficient (Wildman–Crippen LogP) is -0.704. The van der Waals surface area contributed by atoms with E-state index in [1.54, 1.807) is 0 Å². The zero-order valence-corrected chi connectivity index (χ0v) is 10.6. The van der Waals surface area contributed by atoms with Crippen molar-refractivity contribution in [2.45, 2.75) is 6.04 Å². The lowest BCUT2D eigenvalue weighted by molar-refractivity contribution is -0.102. The van der Waals surface area contributed by atoms with Crippen LogP contribution in [-0.2, 0) is 9.47 Å². The van der Waals surface area contributed by atoms with E-state index in [0.717, 1.165) is 38.1 Å². The Balaban J connectivity index is 1.55. The van der Waals surface area contributed by atoms with Crippen molar-refractivity contribution in [1.82, 2.24) is 15.0 Å². The molecule has 0 bridgehead atoms. The van der Waals surface area contributed by atoms with Gasteiger partial charge in [0.25, 0.3) is 0 Å². The second kappa shape index (κ2) is 4.46. The Bertz CT molecular complexity index is 440. The molecule has 3 aliphatic heterocycles. The molecule has 19 heavy (non-hydrogen) atoms. The SMILES string of the molecule is C1OCC(Nc2nc(N3CC3)nc(N3CC3)n2)CO1. The number of hydrogen-bond donors (Lipinski definition) is 1. The summed E-state index contributed by atoms with van der Waals surface area (Å²) < 4.78 is 10.5. The molecule has 0 unspecified atom stereocenters. The third-order valence-electron chi connectivity index (χ3n) is 3.21. The van der Waals surface area contributed by atoms with Gasteiger partial charge in [0, 0.05) is 26.2 Å². The van der Waals surface area contributed by atoms with Crippen molar-refractivity contribution in [3.8, 4) is 0 Å². The van der Waals surface area contributed by atoms with Gasteiger partial charge in [-0.3, -0.25) is 0 Å². The zero-order valence-electron chi connectivity index (χ0n) is 10.6. The highest BCUT2D eigenvalue weighted by Gasteiger charge is 2.28. The van der Waals surface area contributed by atoms with Gasteiger partial charge in [-0.15, -0.1) is 0 Å². The van der Waals surface area contributed by atoms with Gasteiger partial charge in [-0.25, -0.2) is 0 Å². The molecular formula is C11H16N6O2. The molecule has 102 valence electrons. The number of aromatic nitrogens is 3. The lowest BCUT2D eigenvalue weighted by atomic mass is 10.3. The summed E-state index contributed by atoms with van der Waals surface area (Å²) in [5.41, 5.74) is 0. The molecule has 8 nitrogen and oxygen atoms in total. The number of hydrogen-bond acceptors (Lipinski definition) is 8. The summed E-state index contributed by atoms with van der Waals surface area (Å²) in [4.78, 5) is 17.6. The first-order valence-electron chi connectivity index (χ1n) is 6.56. The van der Waals surface area contributed by atoms with Gasteiger partial charge >= 0.3 is 0 Å². The Hall–Kier alpha value is -1.67. The van der Waals surface area contributed by atoms with Gasteiger partial charge in [-0.1, -0.05) is 0 Å². The Morgan fingerprint density at radius 3 is 2.00 bits per heavy atom. The van der Waals surface area contributed by atoms with Gasteiger partial charge < -0.3 is 24.6 Å². The lowest BCUT2D eigenvalue weighted by Crippen LogP contribution is -2.36. The highest BCUT2D eigenvalue weighted by atomic mass is 16.7. The summed E-state index contributed by atoms with van der Waals surface area (Å²) in [6, 6.07) is 0.0975. The molecule has 1 aromatic rings. The third kappa shape index (κ3) is 2.54. The summed E-state index contributed by atoms with van der Waals surface area (Å²) in [5, 5.41) is 3.26. The average Bonchev–Trinajstić information content (AvgIpc) is 3.31. The fraction of sp³-hybridized carbons (Fsp3) is 0.727. The maximum absolute atomic E-state index is 5.26. The van der Waals surface area contributed by atoms with Crippen molar-refractivity contribution in [3.05, 3.63) is 0 Å². The molecule has 0 saturated carbocycles. The smallest absolute Gasteiger partial charge is 0.232 e. The monoisotopic (exact) mass is 264 g/mol. The van der Waals surface area contributed by atoms with Crippen LogP contribution in [0.4, 0.5) is 17.8 Å². The van der Waals surface area contributed by atoms with E-state index in [2.05, 4.69) is 30.1 Å². The van der Waals surface area contributed by atoms with Crippen LogP contribution in [0.3, 0.4) is 0 Å². The van der Waals surface area contributed by atoms with E-state index >= 15 is 0 Å². The Kier molecular flexibility index (Phi) is 2.63. The van der Waals surface area contributed by atoms with Gasteiger partial charge in [0.15, 0.2) is 0 Å². The molecule has 0 atom stereocenters. The highest BCUT2D eigenvalue weighted by Crippen LogP contribution is 2.23. The van der Waals surface area contributed by atoms with Crippen LogP contribution in [-0.4, -0.2) is 67.2 Å². The van der Waals surface area contributed by atoms with Gasteiger partial charge in [0.05, 0.1) is 19.3 Å². The number of rotatable bonds is 4. The summed E-state index contributed by atoms with van der Waals surface area (Å²) >= 11 is 0. The second-order valence-corrected chi connectivity index (χ2v) is 4.93. The minimum atomic E-state index is 0.0975. The maximum atomic E-state index is 5.26. The average molecular weight is 264 g/mol. The number of nitrogens with zero attached hydrogens (tertiary/aromatic N) is 5. The number of anilines is 3.